The molecular formula is C22H22N2O5. The minimum absolute atomic E-state index is 0.00449. The van der Waals surface area contributed by atoms with E-state index in [1.54, 1.807) is 18.2 Å². The highest BCUT2D eigenvalue weighted by atomic mass is 16.5. The van der Waals surface area contributed by atoms with Crippen molar-refractivity contribution in [1.29, 1.82) is 0 Å². The Kier molecular flexibility index (Phi) is 5.87. The number of anilines is 1. The van der Waals surface area contributed by atoms with Crippen molar-refractivity contribution in [3.8, 4) is 28.5 Å². The third-order valence-corrected chi connectivity index (χ3v) is 4.41. The van der Waals surface area contributed by atoms with Crippen molar-refractivity contribution in [3.05, 3.63) is 70.0 Å². The molecule has 7 heteroatoms. The first-order valence-corrected chi connectivity index (χ1v) is 8.88. The fraction of sp³-hybridized carbons (Fsp3) is 0.182. The van der Waals surface area contributed by atoms with E-state index in [1.807, 2.05) is 31.2 Å². The second kappa shape index (κ2) is 8.52. The summed E-state index contributed by atoms with van der Waals surface area (Å²) in [5, 5.41) is 2.69. The molecule has 2 N–H and O–H groups in total. The number of carbonyl (C=O) groups is 1. The van der Waals surface area contributed by atoms with E-state index in [-0.39, 0.29) is 5.56 Å². The molecule has 0 saturated carbocycles. The van der Waals surface area contributed by atoms with Crippen molar-refractivity contribution >= 4 is 11.6 Å². The van der Waals surface area contributed by atoms with Crippen LogP contribution in [0.1, 0.15) is 15.9 Å². The fourth-order valence-electron chi connectivity index (χ4n) is 2.99. The SMILES string of the molecule is COc1cc(NC(=O)c2ccc(-c3cccc(C)c3)[nH]c2=O)cc(OC)c1OC. The van der Waals surface area contributed by atoms with Crippen LogP contribution < -0.4 is 25.1 Å². The lowest BCUT2D eigenvalue weighted by molar-refractivity contribution is 0.102. The lowest BCUT2D eigenvalue weighted by Crippen LogP contribution is -2.23. The Bertz CT molecular complexity index is 1080. The Morgan fingerprint density at radius 1 is 0.931 bits per heavy atom. The van der Waals surface area contributed by atoms with Crippen LogP contribution in [0, 0.1) is 6.92 Å². The number of aromatic amines is 1. The van der Waals surface area contributed by atoms with Crippen LogP contribution in [-0.2, 0) is 0 Å². The molecule has 0 radical (unpaired) electrons. The van der Waals surface area contributed by atoms with Gasteiger partial charge in [-0.3, -0.25) is 9.59 Å². The molecule has 0 fully saturated rings. The van der Waals surface area contributed by atoms with Gasteiger partial charge in [-0.15, -0.1) is 0 Å². The molecule has 0 aliphatic carbocycles. The summed E-state index contributed by atoms with van der Waals surface area (Å²) in [6.07, 6.45) is 0. The van der Waals surface area contributed by atoms with Gasteiger partial charge in [0.1, 0.15) is 5.56 Å². The highest BCUT2D eigenvalue weighted by Crippen LogP contribution is 2.40. The molecule has 0 aliphatic heterocycles. The van der Waals surface area contributed by atoms with Gasteiger partial charge >= 0.3 is 0 Å². The van der Waals surface area contributed by atoms with Crippen LogP contribution in [0.2, 0.25) is 0 Å². The first-order valence-electron chi connectivity index (χ1n) is 8.88. The minimum atomic E-state index is -0.545. The van der Waals surface area contributed by atoms with Crippen LogP contribution >= 0.6 is 0 Å². The number of aromatic nitrogens is 1. The smallest absolute Gasteiger partial charge is 0.261 e. The lowest BCUT2D eigenvalue weighted by atomic mass is 10.1. The molecule has 3 rings (SSSR count). The van der Waals surface area contributed by atoms with Gasteiger partial charge in [0.05, 0.1) is 21.3 Å². The van der Waals surface area contributed by atoms with E-state index in [0.29, 0.717) is 28.6 Å². The van der Waals surface area contributed by atoms with E-state index in [2.05, 4.69) is 10.3 Å². The van der Waals surface area contributed by atoms with Gasteiger partial charge in [0, 0.05) is 23.5 Å². The van der Waals surface area contributed by atoms with Crippen LogP contribution in [0.3, 0.4) is 0 Å². The van der Waals surface area contributed by atoms with Crippen molar-refractivity contribution < 1.29 is 19.0 Å². The first kappa shape index (κ1) is 20.0. The maximum Gasteiger partial charge on any atom is 0.261 e. The number of carbonyl (C=O) groups excluding carboxylic acids is 1. The number of pyridine rings is 1. The van der Waals surface area contributed by atoms with E-state index in [4.69, 9.17) is 14.2 Å². The molecule has 0 unspecified atom stereocenters. The molecule has 0 spiro atoms. The van der Waals surface area contributed by atoms with Crippen molar-refractivity contribution in [1.82, 2.24) is 4.98 Å². The Hall–Kier alpha value is -3.74. The molecule has 1 amide bonds. The number of methoxy groups -OCH3 is 3. The molecule has 0 saturated heterocycles. The zero-order chi connectivity index (χ0) is 21.0. The second-order valence-corrected chi connectivity index (χ2v) is 6.35. The van der Waals surface area contributed by atoms with Crippen LogP contribution in [0.25, 0.3) is 11.3 Å². The van der Waals surface area contributed by atoms with E-state index >= 15 is 0 Å². The molecule has 150 valence electrons. The van der Waals surface area contributed by atoms with Gasteiger partial charge in [0.15, 0.2) is 11.5 Å². The van der Waals surface area contributed by atoms with Gasteiger partial charge in [-0.2, -0.15) is 0 Å². The minimum Gasteiger partial charge on any atom is -0.493 e. The topological polar surface area (TPSA) is 89.7 Å². The Balaban J connectivity index is 1.89. The summed E-state index contributed by atoms with van der Waals surface area (Å²) >= 11 is 0. The molecule has 0 aliphatic rings. The van der Waals surface area contributed by atoms with E-state index in [9.17, 15) is 9.59 Å². The van der Waals surface area contributed by atoms with Crippen LogP contribution in [0.5, 0.6) is 17.2 Å². The molecule has 29 heavy (non-hydrogen) atoms. The lowest BCUT2D eigenvalue weighted by Gasteiger charge is -2.14. The number of amides is 1. The van der Waals surface area contributed by atoms with Gasteiger partial charge < -0.3 is 24.5 Å². The average Bonchev–Trinajstić information content (AvgIpc) is 2.72. The van der Waals surface area contributed by atoms with Crippen LogP contribution in [-0.4, -0.2) is 32.2 Å². The molecule has 0 bridgehead atoms. The van der Waals surface area contributed by atoms with Gasteiger partial charge in [-0.05, 0) is 30.7 Å². The maximum atomic E-state index is 12.6. The summed E-state index contributed by atoms with van der Waals surface area (Å²) in [5.74, 6) is 0.654. The highest BCUT2D eigenvalue weighted by Gasteiger charge is 2.17. The number of ether oxygens (including phenoxy) is 3. The number of hydrogen-bond acceptors (Lipinski definition) is 5. The Morgan fingerprint density at radius 2 is 1.62 bits per heavy atom. The molecule has 1 aromatic heterocycles. The zero-order valence-corrected chi connectivity index (χ0v) is 16.7. The zero-order valence-electron chi connectivity index (χ0n) is 16.7. The van der Waals surface area contributed by atoms with Gasteiger partial charge in [0.25, 0.3) is 11.5 Å². The second-order valence-electron chi connectivity index (χ2n) is 6.35. The number of H-pyrrole nitrogens is 1. The van der Waals surface area contributed by atoms with E-state index < -0.39 is 11.5 Å². The van der Waals surface area contributed by atoms with Gasteiger partial charge in [-0.1, -0.05) is 23.8 Å². The summed E-state index contributed by atoms with van der Waals surface area (Å²) in [4.78, 5) is 27.9. The third kappa shape index (κ3) is 4.24. The van der Waals surface area contributed by atoms with Gasteiger partial charge in [-0.25, -0.2) is 0 Å². The monoisotopic (exact) mass is 394 g/mol. The molecule has 3 aromatic rings. The quantitative estimate of drug-likeness (QED) is 0.666. The number of rotatable bonds is 6. The first-order chi connectivity index (χ1) is 14.0. The predicted octanol–water partition coefficient (Wildman–Crippen LogP) is 3.63. The number of hydrogen-bond donors (Lipinski definition) is 2. The summed E-state index contributed by atoms with van der Waals surface area (Å²) in [5.41, 5.74) is 2.52. The summed E-state index contributed by atoms with van der Waals surface area (Å²) in [7, 11) is 4.46. The maximum absolute atomic E-state index is 12.6. The summed E-state index contributed by atoms with van der Waals surface area (Å²) in [6, 6.07) is 14.1. The van der Waals surface area contributed by atoms with Crippen LogP contribution in [0.15, 0.2) is 53.3 Å². The standard InChI is InChI=1S/C22H22N2O5/c1-13-6-5-7-14(10-13)17-9-8-16(22(26)24-17)21(25)23-15-11-18(27-2)20(29-4)19(12-15)28-3/h5-12H,1-4H3,(H,23,25)(H,24,26). The van der Waals surface area contributed by atoms with E-state index in [1.165, 1.54) is 27.4 Å². The number of benzene rings is 2. The average molecular weight is 394 g/mol. The highest BCUT2D eigenvalue weighted by molar-refractivity contribution is 6.04. The predicted molar refractivity (Wildman–Crippen MR) is 111 cm³/mol. The number of nitrogens with one attached hydrogen (secondary N) is 2. The Labute approximate surface area is 168 Å². The van der Waals surface area contributed by atoms with Crippen molar-refractivity contribution in [3.63, 3.8) is 0 Å². The fourth-order valence-corrected chi connectivity index (χ4v) is 2.99. The summed E-state index contributed by atoms with van der Waals surface area (Å²) in [6.45, 7) is 1.97. The molecular weight excluding hydrogens is 372 g/mol. The van der Waals surface area contributed by atoms with Crippen molar-refractivity contribution in [2.45, 2.75) is 6.92 Å². The summed E-state index contributed by atoms with van der Waals surface area (Å²) < 4.78 is 15.8. The number of aryl methyl sites for hydroxylation is 1. The van der Waals surface area contributed by atoms with Crippen LogP contribution in [0.4, 0.5) is 5.69 Å². The van der Waals surface area contributed by atoms with Gasteiger partial charge in [0.2, 0.25) is 5.75 Å². The largest absolute Gasteiger partial charge is 0.493 e. The Morgan fingerprint density at radius 3 is 2.17 bits per heavy atom. The van der Waals surface area contributed by atoms with Crippen molar-refractivity contribution in [2.75, 3.05) is 26.6 Å². The van der Waals surface area contributed by atoms with Crippen molar-refractivity contribution in [2.24, 2.45) is 0 Å². The molecule has 7 nitrogen and oxygen atoms in total. The molecule has 1 heterocycles. The molecule has 2 aromatic carbocycles. The normalized spacial score (nSPS) is 10.3. The third-order valence-electron chi connectivity index (χ3n) is 4.41. The van der Waals surface area contributed by atoms with E-state index in [0.717, 1.165) is 11.1 Å². The molecule has 0 atom stereocenters.